The van der Waals surface area contributed by atoms with E-state index in [9.17, 15) is 9.59 Å². The molecule has 3 aromatic rings. The zero-order chi connectivity index (χ0) is 21.6. The Morgan fingerprint density at radius 3 is 2.65 bits per heavy atom. The van der Waals surface area contributed by atoms with E-state index in [1.54, 1.807) is 7.11 Å². The van der Waals surface area contributed by atoms with Gasteiger partial charge in [0.25, 0.3) is 5.56 Å². The van der Waals surface area contributed by atoms with Crippen molar-refractivity contribution >= 4 is 11.2 Å². The van der Waals surface area contributed by atoms with Gasteiger partial charge in [-0.15, -0.1) is 0 Å². The number of rotatable bonds is 10. The van der Waals surface area contributed by atoms with E-state index in [1.165, 1.54) is 25.7 Å². The predicted octanol–water partition coefficient (Wildman–Crippen LogP) is 3.63. The first-order valence-electron chi connectivity index (χ1n) is 11.4. The lowest BCUT2D eigenvalue weighted by molar-refractivity contribution is 0.176. The molecule has 7 heteroatoms. The average Bonchev–Trinajstić information content (AvgIpc) is 3.40. The second-order valence-electron chi connectivity index (χ2n) is 8.68. The second-order valence-corrected chi connectivity index (χ2v) is 8.68. The molecule has 1 atom stereocenters. The molecule has 1 aromatic carbocycles. The summed E-state index contributed by atoms with van der Waals surface area (Å²) in [5.41, 5.74) is 1.01. The van der Waals surface area contributed by atoms with E-state index >= 15 is 0 Å². The monoisotopic (exact) mass is 424 g/mol. The smallest absolute Gasteiger partial charge is 0.327 e. The molecule has 0 aliphatic heterocycles. The Kier molecular flexibility index (Phi) is 7.02. The molecule has 1 fully saturated rings. The number of methoxy groups -OCH3 is 1. The van der Waals surface area contributed by atoms with Crippen LogP contribution in [0.3, 0.4) is 0 Å². The lowest BCUT2D eigenvalue weighted by Gasteiger charge is -2.23. The number of imidazole rings is 1. The third-order valence-electron chi connectivity index (χ3n) is 6.63. The van der Waals surface area contributed by atoms with Crippen molar-refractivity contribution in [1.82, 2.24) is 19.5 Å². The van der Waals surface area contributed by atoms with Crippen LogP contribution in [0.1, 0.15) is 56.3 Å². The molecule has 1 aliphatic carbocycles. The number of ether oxygens (including phenoxy) is 1. The number of hydrogen-bond donors (Lipinski definition) is 2. The number of nitrogens with zero attached hydrogens (tertiary/aromatic N) is 2. The summed E-state index contributed by atoms with van der Waals surface area (Å²) in [5.74, 6) is 2.27. The molecule has 1 unspecified atom stereocenters. The molecule has 166 valence electrons. The normalized spacial score (nSPS) is 15.6. The van der Waals surface area contributed by atoms with Crippen LogP contribution >= 0.6 is 0 Å². The molecule has 7 nitrogen and oxygen atoms in total. The zero-order valence-electron chi connectivity index (χ0n) is 18.2. The molecule has 4 rings (SSSR count). The number of aromatic nitrogens is 4. The molecule has 31 heavy (non-hydrogen) atoms. The van der Waals surface area contributed by atoms with Gasteiger partial charge >= 0.3 is 5.69 Å². The molecule has 1 saturated carbocycles. The van der Waals surface area contributed by atoms with Gasteiger partial charge in [-0.3, -0.25) is 14.8 Å². The summed E-state index contributed by atoms with van der Waals surface area (Å²) < 4.78 is 7.25. The Morgan fingerprint density at radius 1 is 1.13 bits per heavy atom. The molecule has 2 aromatic heterocycles. The minimum Gasteiger partial charge on any atom is -0.385 e. The topological polar surface area (TPSA) is 92.8 Å². The third-order valence-corrected chi connectivity index (χ3v) is 6.63. The molecule has 0 amide bonds. The summed E-state index contributed by atoms with van der Waals surface area (Å²) in [4.78, 5) is 34.1. The number of fused-ring (bicyclic) bond motifs is 1. The maximum atomic E-state index is 12.6. The van der Waals surface area contributed by atoms with Crippen LogP contribution in [0.5, 0.6) is 0 Å². The molecule has 1 aliphatic rings. The minimum absolute atomic E-state index is 0.372. The summed E-state index contributed by atoms with van der Waals surface area (Å²) >= 11 is 0. The summed E-state index contributed by atoms with van der Waals surface area (Å²) in [5, 5.41) is 0. The van der Waals surface area contributed by atoms with Gasteiger partial charge in [0.1, 0.15) is 5.82 Å². The molecule has 0 bridgehead atoms. The largest absolute Gasteiger partial charge is 0.385 e. The first kappa shape index (κ1) is 21.6. The van der Waals surface area contributed by atoms with Crippen molar-refractivity contribution in [2.75, 3.05) is 13.7 Å². The number of hydrogen-bond acceptors (Lipinski definition) is 4. The van der Waals surface area contributed by atoms with Gasteiger partial charge in [0.05, 0.1) is 0 Å². The van der Waals surface area contributed by atoms with E-state index in [4.69, 9.17) is 4.74 Å². The van der Waals surface area contributed by atoms with E-state index < -0.39 is 5.69 Å². The summed E-state index contributed by atoms with van der Waals surface area (Å²) in [6, 6.07) is 10.0. The fourth-order valence-electron chi connectivity index (χ4n) is 5.09. The number of aromatic amines is 2. The van der Waals surface area contributed by atoms with Crippen LogP contribution in [0, 0.1) is 11.8 Å². The maximum Gasteiger partial charge on any atom is 0.327 e. The van der Waals surface area contributed by atoms with E-state index in [0.717, 1.165) is 49.6 Å². The highest BCUT2D eigenvalue weighted by molar-refractivity contribution is 5.70. The number of aryl methyl sites for hydroxylation is 1. The van der Waals surface area contributed by atoms with Gasteiger partial charge in [-0.1, -0.05) is 56.0 Å². The highest BCUT2D eigenvalue weighted by atomic mass is 16.5. The van der Waals surface area contributed by atoms with Crippen LogP contribution in [0.25, 0.3) is 11.2 Å². The third kappa shape index (κ3) is 5.15. The quantitative estimate of drug-likeness (QED) is 0.486. The number of benzene rings is 1. The Bertz CT molecular complexity index is 1090. The van der Waals surface area contributed by atoms with Crippen LogP contribution in [0.15, 0.2) is 39.9 Å². The highest BCUT2D eigenvalue weighted by Gasteiger charge is 2.25. The first-order chi connectivity index (χ1) is 15.2. The first-order valence-corrected chi connectivity index (χ1v) is 11.4. The highest BCUT2D eigenvalue weighted by Crippen LogP contribution is 2.36. The Balaban J connectivity index is 1.62. The molecule has 2 heterocycles. The maximum absolute atomic E-state index is 12.6. The summed E-state index contributed by atoms with van der Waals surface area (Å²) in [6.45, 7) is 1.35. The van der Waals surface area contributed by atoms with Crippen LogP contribution in [-0.2, 0) is 17.7 Å². The lowest BCUT2D eigenvalue weighted by Crippen LogP contribution is -2.23. The van der Waals surface area contributed by atoms with Gasteiger partial charge in [0, 0.05) is 26.7 Å². The fraction of sp³-hybridized carbons (Fsp3) is 0.542. The van der Waals surface area contributed by atoms with Crippen molar-refractivity contribution in [2.24, 2.45) is 11.8 Å². The van der Waals surface area contributed by atoms with Crippen molar-refractivity contribution < 1.29 is 4.74 Å². The Morgan fingerprint density at radius 2 is 1.90 bits per heavy atom. The van der Waals surface area contributed by atoms with Gasteiger partial charge in [-0.05, 0) is 36.7 Å². The molecule has 2 N–H and O–H groups in total. The van der Waals surface area contributed by atoms with Gasteiger partial charge < -0.3 is 9.30 Å². The van der Waals surface area contributed by atoms with Crippen LogP contribution in [0.2, 0.25) is 0 Å². The minimum atomic E-state index is -0.517. The van der Waals surface area contributed by atoms with Crippen molar-refractivity contribution in [3.8, 4) is 0 Å². The average molecular weight is 425 g/mol. The van der Waals surface area contributed by atoms with Crippen molar-refractivity contribution in [3.63, 3.8) is 0 Å². The van der Waals surface area contributed by atoms with E-state index in [1.807, 2.05) is 34.9 Å². The molecule has 0 spiro atoms. The standard InChI is InChI=1S/C24H32N4O3/c1-31-15-7-12-19(18-10-5-6-11-18)13-14-20-25-22-21(23(29)27-24(30)26-22)28(20)16-17-8-3-2-4-9-17/h2-4,8-9,18-19H,5-7,10-16H2,1H3,(H2,26,27,29,30). The van der Waals surface area contributed by atoms with Crippen molar-refractivity contribution in [1.29, 1.82) is 0 Å². The summed E-state index contributed by atoms with van der Waals surface area (Å²) in [7, 11) is 1.76. The van der Waals surface area contributed by atoms with Crippen LogP contribution in [0.4, 0.5) is 0 Å². The van der Waals surface area contributed by atoms with Crippen molar-refractivity contribution in [3.05, 3.63) is 62.6 Å². The SMILES string of the molecule is COCCCC(CCc1nc2[nH]c(=O)[nH]c(=O)c2n1Cc1ccccc1)C1CCCC1. The van der Waals surface area contributed by atoms with Gasteiger partial charge in [-0.2, -0.15) is 0 Å². The lowest BCUT2D eigenvalue weighted by atomic mass is 9.83. The summed E-state index contributed by atoms with van der Waals surface area (Å²) in [6.07, 6.45) is 9.34. The zero-order valence-corrected chi connectivity index (χ0v) is 18.2. The second kappa shape index (κ2) is 10.1. The van der Waals surface area contributed by atoms with Crippen molar-refractivity contribution in [2.45, 2.75) is 57.9 Å². The molecule has 0 saturated heterocycles. The molecule has 0 radical (unpaired) electrons. The Labute approximate surface area is 181 Å². The molecular formula is C24H32N4O3. The number of H-pyrrole nitrogens is 2. The van der Waals surface area contributed by atoms with Crippen LogP contribution < -0.4 is 11.2 Å². The van der Waals surface area contributed by atoms with E-state index in [-0.39, 0.29) is 5.56 Å². The number of nitrogens with one attached hydrogen (secondary N) is 2. The Hall–Kier alpha value is -2.67. The van der Waals surface area contributed by atoms with Gasteiger partial charge in [-0.25, -0.2) is 9.78 Å². The molecular weight excluding hydrogens is 392 g/mol. The predicted molar refractivity (Wildman–Crippen MR) is 121 cm³/mol. The van der Waals surface area contributed by atoms with E-state index in [2.05, 4.69) is 15.0 Å². The van der Waals surface area contributed by atoms with Crippen LogP contribution in [-0.4, -0.2) is 33.2 Å². The van der Waals surface area contributed by atoms with Gasteiger partial charge in [0.2, 0.25) is 0 Å². The fourth-order valence-corrected chi connectivity index (χ4v) is 5.09. The van der Waals surface area contributed by atoms with Gasteiger partial charge in [0.15, 0.2) is 11.2 Å². The van der Waals surface area contributed by atoms with E-state index in [0.29, 0.717) is 23.6 Å².